The summed E-state index contributed by atoms with van der Waals surface area (Å²) in [6.07, 6.45) is 3.17. The number of fused-ring (bicyclic) bond motifs is 5. The van der Waals surface area contributed by atoms with Gasteiger partial charge in [-0.05, 0) is 66.8 Å². The van der Waals surface area contributed by atoms with Crippen LogP contribution in [0.15, 0.2) is 60.8 Å². The molecule has 1 aliphatic rings. The van der Waals surface area contributed by atoms with Gasteiger partial charge < -0.3 is 31.1 Å². The zero-order valence-corrected chi connectivity index (χ0v) is 21.7. The maximum atomic E-state index is 13.4. The maximum Gasteiger partial charge on any atom is 0.276 e. The predicted molar refractivity (Wildman–Crippen MR) is 147 cm³/mol. The molecule has 0 radical (unpaired) electrons. The molecule has 4 rings (SSSR count). The van der Waals surface area contributed by atoms with Gasteiger partial charge in [0.1, 0.15) is 12.4 Å². The minimum Gasteiger partial charge on any atom is -0.507 e. The van der Waals surface area contributed by atoms with Crippen molar-refractivity contribution in [1.29, 1.82) is 0 Å². The van der Waals surface area contributed by atoms with Gasteiger partial charge in [-0.2, -0.15) is 0 Å². The van der Waals surface area contributed by atoms with Crippen molar-refractivity contribution in [3.8, 4) is 22.6 Å². The summed E-state index contributed by atoms with van der Waals surface area (Å²) in [4.78, 5) is 44.7. The summed E-state index contributed by atoms with van der Waals surface area (Å²) in [5.41, 5.74) is 8.39. The number of nitrogens with two attached hydrogens (primary N) is 1. The number of phenolic OH excluding ortho intramolecular Hbond substituents is 1. The second-order valence-electron chi connectivity index (χ2n) is 9.21. The molecule has 0 fully saturated rings. The zero-order chi connectivity index (χ0) is 27.6. The van der Waals surface area contributed by atoms with Crippen molar-refractivity contribution in [1.82, 2.24) is 20.5 Å². The summed E-state index contributed by atoms with van der Waals surface area (Å²) >= 11 is 0. The molecule has 204 valence electrons. The number of rotatable bonds is 4. The molecule has 0 atom stereocenters. The van der Waals surface area contributed by atoms with Crippen LogP contribution in [0.25, 0.3) is 11.1 Å². The van der Waals surface area contributed by atoms with Gasteiger partial charge in [0.25, 0.3) is 11.8 Å². The van der Waals surface area contributed by atoms with Gasteiger partial charge in [-0.3, -0.25) is 14.4 Å². The van der Waals surface area contributed by atoms with Gasteiger partial charge in [0.2, 0.25) is 5.91 Å². The van der Waals surface area contributed by atoms with E-state index in [9.17, 15) is 19.5 Å². The molecular weight excluding hydrogens is 498 g/mol. The van der Waals surface area contributed by atoms with Gasteiger partial charge in [-0.25, -0.2) is 4.98 Å². The Bertz CT molecular complexity index is 1330. The van der Waals surface area contributed by atoms with Crippen LogP contribution in [0.5, 0.6) is 11.5 Å². The van der Waals surface area contributed by atoms with E-state index in [0.717, 1.165) is 11.1 Å². The lowest BCUT2D eigenvalue weighted by molar-refractivity contribution is -0.121. The molecule has 3 amide bonds. The SMILES string of the molecule is NCCOc1cccnc1C(=O)N1CCCCNC(=O)c2cccc(c2)-c2cc(ccc2O)CCNC(=O)C1. The van der Waals surface area contributed by atoms with E-state index >= 15 is 0 Å². The highest BCUT2D eigenvalue weighted by atomic mass is 16.5. The number of carbonyl (C=O) groups is 3. The number of benzene rings is 2. The average molecular weight is 532 g/mol. The normalized spacial score (nSPS) is 14.9. The Hall–Kier alpha value is -4.44. The molecular formula is C29H33N5O5. The average Bonchev–Trinajstić information content (AvgIpc) is 2.95. The Morgan fingerprint density at radius 1 is 1.03 bits per heavy atom. The van der Waals surface area contributed by atoms with Crippen molar-refractivity contribution in [3.63, 3.8) is 0 Å². The first-order chi connectivity index (χ1) is 19.0. The number of nitrogens with zero attached hydrogens (tertiary/aromatic N) is 2. The molecule has 4 bridgehead atoms. The Labute approximate surface area is 227 Å². The maximum absolute atomic E-state index is 13.4. The minimum atomic E-state index is -0.420. The second kappa shape index (κ2) is 13.4. The van der Waals surface area contributed by atoms with Crippen LogP contribution in [0.3, 0.4) is 0 Å². The van der Waals surface area contributed by atoms with Crippen molar-refractivity contribution in [3.05, 3.63) is 77.6 Å². The highest BCUT2D eigenvalue weighted by Crippen LogP contribution is 2.31. The fraction of sp³-hybridized carbons (Fsp3) is 0.310. The minimum absolute atomic E-state index is 0.105. The molecule has 0 saturated carbocycles. The lowest BCUT2D eigenvalue weighted by Crippen LogP contribution is -2.42. The Kier molecular flexibility index (Phi) is 9.47. The summed E-state index contributed by atoms with van der Waals surface area (Å²) in [6.45, 7) is 1.41. The fourth-order valence-electron chi connectivity index (χ4n) is 4.34. The number of pyridine rings is 1. The summed E-state index contributed by atoms with van der Waals surface area (Å²) in [6, 6.07) is 15.7. The number of aromatic hydroxyl groups is 1. The van der Waals surface area contributed by atoms with Crippen molar-refractivity contribution in [2.24, 2.45) is 5.73 Å². The van der Waals surface area contributed by atoms with E-state index in [2.05, 4.69) is 15.6 Å². The van der Waals surface area contributed by atoms with Crippen LogP contribution < -0.4 is 21.1 Å². The zero-order valence-electron chi connectivity index (χ0n) is 21.7. The molecule has 2 heterocycles. The molecule has 3 aromatic rings. The smallest absolute Gasteiger partial charge is 0.276 e. The third kappa shape index (κ3) is 7.32. The lowest BCUT2D eigenvalue weighted by atomic mass is 9.98. The monoisotopic (exact) mass is 531 g/mol. The summed E-state index contributed by atoms with van der Waals surface area (Å²) in [5.74, 6) is -0.532. The number of carbonyl (C=O) groups excluding carboxylic acids is 3. The van der Waals surface area contributed by atoms with Gasteiger partial charge in [0, 0.05) is 43.5 Å². The van der Waals surface area contributed by atoms with E-state index in [0.29, 0.717) is 55.8 Å². The first-order valence-corrected chi connectivity index (χ1v) is 13.0. The van der Waals surface area contributed by atoms with Crippen LogP contribution >= 0.6 is 0 Å². The second-order valence-corrected chi connectivity index (χ2v) is 9.21. The van der Waals surface area contributed by atoms with E-state index in [-0.39, 0.29) is 43.0 Å². The number of ether oxygens (including phenoxy) is 1. The molecule has 0 spiro atoms. The van der Waals surface area contributed by atoms with Gasteiger partial charge in [-0.15, -0.1) is 0 Å². The topological polar surface area (TPSA) is 147 Å². The number of amides is 3. The van der Waals surface area contributed by atoms with E-state index in [1.165, 1.54) is 11.1 Å². The van der Waals surface area contributed by atoms with Crippen molar-refractivity contribution < 1.29 is 24.2 Å². The molecule has 10 nitrogen and oxygen atoms in total. The first kappa shape index (κ1) is 27.6. The van der Waals surface area contributed by atoms with E-state index in [1.54, 1.807) is 42.5 Å². The number of phenols is 1. The standard InChI is InChI=1S/C29H33N5O5/c30-11-16-39-25-7-4-13-32-27(25)29(38)34-15-2-1-12-33-28(37)22-6-3-5-21(18-22)23-17-20(8-9-24(23)35)10-14-31-26(36)19-34/h3-9,13,17-18,35H,1-2,10-12,14-16,19,30H2,(H,31,36)(H,33,37). The number of aromatic nitrogens is 1. The molecule has 0 unspecified atom stereocenters. The van der Waals surface area contributed by atoms with Crippen LogP contribution in [-0.2, 0) is 11.2 Å². The largest absolute Gasteiger partial charge is 0.507 e. The van der Waals surface area contributed by atoms with Crippen LogP contribution in [0.1, 0.15) is 39.3 Å². The number of hydrogen-bond acceptors (Lipinski definition) is 7. The van der Waals surface area contributed by atoms with E-state index in [1.807, 2.05) is 12.1 Å². The quantitative estimate of drug-likeness (QED) is 0.403. The van der Waals surface area contributed by atoms with Gasteiger partial charge in [0.05, 0.1) is 6.54 Å². The van der Waals surface area contributed by atoms with Crippen LogP contribution in [0.2, 0.25) is 0 Å². The summed E-state index contributed by atoms with van der Waals surface area (Å²) in [5, 5.41) is 16.3. The Morgan fingerprint density at radius 3 is 2.72 bits per heavy atom. The number of nitrogens with one attached hydrogen (secondary N) is 2. The number of hydrogen-bond donors (Lipinski definition) is 4. The molecule has 0 saturated heterocycles. The van der Waals surface area contributed by atoms with Gasteiger partial charge in [-0.1, -0.05) is 18.2 Å². The molecule has 5 N–H and O–H groups in total. The summed E-state index contributed by atoms with van der Waals surface area (Å²) in [7, 11) is 0. The fourth-order valence-corrected chi connectivity index (χ4v) is 4.34. The van der Waals surface area contributed by atoms with Crippen molar-refractivity contribution in [2.75, 3.05) is 39.3 Å². The van der Waals surface area contributed by atoms with E-state index in [4.69, 9.17) is 10.5 Å². The lowest BCUT2D eigenvalue weighted by Gasteiger charge is -2.23. The molecule has 0 aliphatic carbocycles. The third-order valence-electron chi connectivity index (χ3n) is 6.34. The van der Waals surface area contributed by atoms with E-state index < -0.39 is 5.91 Å². The van der Waals surface area contributed by atoms with Gasteiger partial charge in [0.15, 0.2) is 11.4 Å². The molecule has 10 heteroatoms. The Morgan fingerprint density at radius 2 is 1.87 bits per heavy atom. The summed E-state index contributed by atoms with van der Waals surface area (Å²) < 4.78 is 5.60. The Balaban J connectivity index is 1.55. The van der Waals surface area contributed by atoms with Gasteiger partial charge >= 0.3 is 0 Å². The van der Waals surface area contributed by atoms with Crippen LogP contribution in [0, 0.1) is 0 Å². The predicted octanol–water partition coefficient (Wildman–Crippen LogP) is 2.12. The molecule has 1 aliphatic heterocycles. The molecule has 1 aromatic heterocycles. The molecule has 39 heavy (non-hydrogen) atoms. The third-order valence-corrected chi connectivity index (χ3v) is 6.34. The molecule has 2 aromatic carbocycles. The van der Waals surface area contributed by atoms with Crippen LogP contribution in [0.4, 0.5) is 0 Å². The van der Waals surface area contributed by atoms with Crippen molar-refractivity contribution >= 4 is 17.7 Å². The van der Waals surface area contributed by atoms with Crippen LogP contribution in [-0.4, -0.2) is 72.0 Å². The highest BCUT2D eigenvalue weighted by molar-refractivity contribution is 5.97. The van der Waals surface area contributed by atoms with Crippen molar-refractivity contribution in [2.45, 2.75) is 19.3 Å². The highest BCUT2D eigenvalue weighted by Gasteiger charge is 2.23. The first-order valence-electron chi connectivity index (χ1n) is 13.0.